The molecule has 342 valence electrons. The first-order chi connectivity index (χ1) is 36.2. The molecular weight excluding hydrogens is 883 g/mol. The standard InChI is InChI=1S/C71H47NO/c1-2-19-52-50(17-1)51-18-3-4-20-53(51)61-43-47(39-41-54(52)61)48(45-35-37-46(38-36-45)49-25-14-27-60-58-23-7-12-33-68(58)73-70(49)60)24-13-16-44-34-40-56-55-21-5-8-28-62(55)71(65(56)42-44)63-29-9-11-32-67(63)72-66-31-10-6-22-57(66)59-26-15-30-64(71)69(59)72/h1-12,14-15,17-23,25-43,48H,13,16,24H2. The van der Waals surface area contributed by atoms with Crippen molar-refractivity contribution in [2.45, 2.75) is 30.6 Å². The molecule has 0 N–H and O–H groups in total. The highest BCUT2D eigenvalue weighted by molar-refractivity contribution is 6.25. The first-order valence-corrected chi connectivity index (χ1v) is 25.9. The Bertz CT molecular complexity index is 4570. The van der Waals surface area contributed by atoms with E-state index in [0.29, 0.717) is 0 Å². The lowest BCUT2D eigenvalue weighted by atomic mass is 9.65. The third-order valence-corrected chi connectivity index (χ3v) is 16.9. The van der Waals surface area contributed by atoms with Gasteiger partial charge in [-0.15, -0.1) is 0 Å². The minimum Gasteiger partial charge on any atom is -0.455 e. The topological polar surface area (TPSA) is 18.1 Å². The van der Waals surface area contributed by atoms with Crippen LogP contribution in [0.15, 0.2) is 247 Å². The van der Waals surface area contributed by atoms with Crippen molar-refractivity contribution >= 4 is 76.1 Å². The fraction of sp³-hybridized carbons (Fsp3) is 0.0704. The highest BCUT2D eigenvalue weighted by atomic mass is 16.3. The summed E-state index contributed by atoms with van der Waals surface area (Å²) in [5.74, 6) is 0.181. The second kappa shape index (κ2) is 15.5. The second-order valence-corrected chi connectivity index (χ2v) is 20.5. The summed E-state index contributed by atoms with van der Waals surface area (Å²) < 4.78 is 9.06. The fourth-order valence-corrected chi connectivity index (χ4v) is 13.8. The van der Waals surface area contributed by atoms with Gasteiger partial charge in [0, 0.05) is 33.0 Å². The molecule has 73 heavy (non-hydrogen) atoms. The number of fused-ring (bicyclic) bond motifs is 21. The Morgan fingerprint density at radius 2 is 0.973 bits per heavy atom. The summed E-state index contributed by atoms with van der Waals surface area (Å²) in [5, 5.41) is 12.8. The monoisotopic (exact) mass is 929 g/mol. The number of benzene rings is 12. The number of aromatic nitrogens is 1. The van der Waals surface area contributed by atoms with Crippen LogP contribution in [0.4, 0.5) is 0 Å². The Morgan fingerprint density at radius 3 is 1.79 bits per heavy atom. The van der Waals surface area contributed by atoms with Crippen LogP contribution in [0.1, 0.15) is 57.7 Å². The van der Waals surface area contributed by atoms with Crippen molar-refractivity contribution in [3.05, 3.63) is 282 Å². The SMILES string of the molecule is c1ccc2c(c1)-c1ccc(CCCC(c3ccc(-c4cccc5c4oc4ccccc45)cc3)c3ccc4c5ccccc5c5ccccc5c4c3)cc1C21c2ccccc2-n2c3ccccc3c3cccc1c32. The zero-order valence-corrected chi connectivity index (χ0v) is 40.1. The molecule has 1 spiro atoms. The van der Waals surface area contributed by atoms with Gasteiger partial charge < -0.3 is 8.98 Å². The van der Waals surface area contributed by atoms with Gasteiger partial charge in [0.05, 0.1) is 22.1 Å². The molecule has 16 rings (SSSR count). The number of hydrogen-bond donors (Lipinski definition) is 0. The van der Waals surface area contributed by atoms with E-state index >= 15 is 0 Å². The molecule has 2 atom stereocenters. The highest BCUT2D eigenvalue weighted by Crippen LogP contribution is 2.61. The first-order valence-electron chi connectivity index (χ1n) is 25.9. The van der Waals surface area contributed by atoms with E-state index in [1.807, 2.05) is 6.07 Å². The maximum Gasteiger partial charge on any atom is 0.143 e. The Kier molecular flexibility index (Phi) is 8.65. The van der Waals surface area contributed by atoms with Crippen molar-refractivity contribution in [3.63, 3.8) is 0 Å². The quantitative estimate of drug-likeness (QED) is 0.146. The van der Waals surface area contributed by atoms with Gasteiger partial charge in [0.1, 0.15) is 11.2 Å². The van der Waals surface area contributed by atoms with Crippen LogP contribution in [0.25, 0.3) is 104 Å². The summed E-state index contributed by atoms with van der Waals surface area (Å²) in [5.41, 5.74) is 19.7. The molecule has 2 aliphatic rings. The largest absolute Gasteiger partial charge is 0.455 e. The van der Waals surface area contributed by atoms with Crippen LogP contribution in [0.2, 0.25) is 0 Å². The molecule has 0 fully saturated rings. The van der Waals surface area contributed by atoms with E-state index in [1.165, 1.54) is 110 Å². The predicted molar refractivity (Wildman–Crippen MR) is 305 cm³/mol. The number of para-hydroxylation sites is 5. The average molecular weight is 930 g/mol. The molecule has 0 bridgehead atoms. The highest BCUT2D eigenvalue weighted by Gasteiger charge is 2.50. The third kappa shape index (κ3) is 5.69. The molecule has 0 radical (unpaired) electrons. The van der Waals surface area contributed by atoms with Crippen molar-refractivity contribution in [3.8, 4) is 27.9 Å². The average Bonchev–Trinajstić information content (AvgIpc) is 4.11. The minimum atomic E-state index is -0.461. The molecule has 12 aromatic carbocycles. The molecule has 0 amide bonds. The van der Waals surface area contributed by atoms with Crippen LogP contribution < -0.4 is 0 Å². The van der Waals surface area contributed by atoms with E-state index in [9.17, 15) is 0 Å². The zero-order valence-electron chi connectivity index (χ0n) is 40.1. The summed E-state index contributed by atoms with van der Waals surface area (Å²) in [6, 6.07) is 91.2. The number of furan rings is 1. The molecule has 0 saturated carbocycles. The van der Waals surface area contributed by atoms with Gasteiger partial charge in [0.15, 0.2) is 0 Å². The Labute approximate surface area is 423 Å². The molecular formula is C71H47NO. The molecule has 1 aliphatic carbocycles. The Hall–Kier alpha value is -8.98. The Morgan fingerprint density at radius 1 is 0.384 bits per heavy atom. The van der Waals surface area contributed by atoms with Crippen LogP contribution in [0.5, 0.6) is 0 Å². The Balaban J connectivity index is 0.816. The van der Waals surface area contributed by atoms with Crippen molar-refractivity contribution in [2.24, 2.45) is 0 Å². The van der Waals surface area contributed by atoms with E-state index in [-0.39, 0.29) is 5.92 Å². The number of rotatable bonds is 7. The number of hydrogen-bond acceptors (Lipinski definition) is 1. The fourth-order valence-electron chi connectivity index (χ4n) is 13.8. The van der Waals surface area contributed by atoms with Crippen LogP contribution >= 0.6 is 0 Å². The normalized spacial score (nSPS) is 15.0. The van der Waals surface area contributed by atoms with Gasteiger partial charge in [0.25, 0.3) is 0 Å². The van der Waals surface area contributed by atoms with E-state index in [1.54, 1.807) is 0 Å². The van der Waals surface area contributed by atoms with Gasteiger partial charge in [-0.2, -0.15) is 0 Å². The lowest BCUT2D eigenvalue weighted by molar-refractivity contribution is 0.660. The molecule has 0 saturated heterocycles. The smallest absolute Gasteiger partial charge is 0.143 e. The van der Waals surface area contributed by atoms with Crippen LogP contribution in [-0.4, -0.2) is 4.57 Å². The van der Waals surface area contributed by atoms with Gasteiger partial charge in [-0.25, -0.2) is 0 Å². The summed E-state index contributed by atoms with van der Waals surface area (Å²) in [6.45, 7) is 0. The lowest BCUT2D eigenvalue weighted by Gasteiger charge is -2.39. The zero-order chi connectivity index (χ0) is 47.8. The maximum absolute atomic E-state index is 6.53. The van der Waals surface area contributed by atoms with E-state index in [2.05, 4.69) is 241 Å². The van der Waals surface area contributed by atoms with Crippen LogP contribution in [0.3, 0.4) is 0 Å². The number of aryl methyl sites for hydroxylation is 1. The van der Waals surface area contributed by atoms with E-state index in [0.717, 1.165) is 52.3 Å². The van der Waals surface area contributed by atoms with Crippen molar-refractivity contribution in [1.29, 1.82) is 0 Å². The van der Waals surface area contributed by atoms with Crippen LogP contribution in [0, 0.1) is 0 Å². The second-order valence-electron chi connectivity index (χ2n) is 20.5. The molecule has 2 heteroatoms. The molecule has 2 unspecified atom stereocenters. The van der Waals surface area contributed by atoms with Gasteiger partial charge in [-0.3, -0.25) is 0 Å². The van der Waals surface area contributed by atoms with Crippen molar-refractivity contribution in [2.75, 3.05) is 0 Å². The predicted octanol–water partition coefficient (Wildman–Crippen LogP) is 18.6. The van der Waals surface area contributed by atoms with Crippen molar-refractivity contribution < 1.29 is 4.42 Å². The summed E-state index contributed by atoms with van der Waals surface area (Å²) in [4.78, 5) is 0. The molecule has 1 aliphatic heterocycles. The third-order valence-electron chi connectivity index (χ3n) is 16.9. The summed E-state index contributed by atoms with van der Waals surface area (Å²) >= 11 is 0. The van der Waals surface area contributed by atoms with E-state index in [4.69, 9.17) is 4.42 Å². The van der Waals surface area contributed by atoms with Gasteiger partial charge in [-0.05, 0) is 131 Å². The molecule has 2 aromatic heterocycles. The molecule has 3 heterocycles. The summed E-state index contributed by atoms with van der Waals surface area (Å²) in [6.07, 6.45) is 3.00. The lowest BCUT2D eigenvalue weighted by Crippen LogP contribution is -2.33. The summed E-state index contributed by atoms with van der Waals surface area (Å²) in [7, 11) is 0. The molecule has 14 aromatic rings. The van der Waals surface area contributed by atoms with Crippen LogP contribution in [-0.2, 0) is 11.8 Å². The van der Waals surface area contributed by atoms with E-state index < -0.39 is 5.41 Å². The molecule has 2 nitrogen and oxygen atoms in total. The maximum atomic E-state index is 6.53. The van der Waals surface area contributed by atoms with Crippen molar-refractivity contribution in [1.82, 2.24) is 4.57 Å². The first kappa shape index (κ1) is 40.7. The van der Waals surface area contributed by atoms with Gasteiger partial charge >= 0.3 is 0 Å². The van der Waals surface area contributed by atoms with Gasteiger partial charge in [0.2, 0.25) is 0 Å². The number of nitrogens with zero attached hydrogens (tertiary/aromatic N) is 1. The van der Waals surface area contributed by atoms with Gasteiger partial charge in [-0.1, -0.05) is 218 Å². The minimum absolute atomic E-state index is 0.181.